The van der Waals surface area contributed by atoms with Crippen molar-refractivity contribution in [3.8, 4) is 17.0 Å². The van der Waals surface area contributed by atoms with E-state index in [1.165, 1.54) is 23.5 Å². The number of ether oxygens (including phenoxy) is 1. The number of benzene rings is 2. The maximum absolute atomic E-state index is 13.2. The molecule has 0 bridgehead atoms. The zero-order chi connectivity index (χ0) is 18.4. The van der Waals surface area contributed by atoms with Crippen molar-refractivity contribution in [1.29, 1.82) is 0 Å². The number of aliphatic hydroxyl groups excluding tert-OH is 1. The molecule has 1 heterocycles. The Morgan fingerprint density at radius 2 is 1.81 bits per heavy atom. The van der Waals surface area contributed by atoms with Crippen LogP contribution in [0, 0.1) is 5.82 Å². The normalized spacial score (nSPS) is 11.3. The van der Waals surface area contributed by atoms with Crippen LogP contribution < -0.4 is 9.54 Å². The van der Waals surface area contributed by atoms with Crippen LogP contribution in [0.1, 0.15) is 13.3 Å². The zero-order valence-electron chi connectivity index (χ0n) is 15.0. The molecule has 27 heavy (non-hydrogen) atoms. The summed E-state index contributed by atoms with van der Waals surface area (Å²) in [5, 5.41) is 11.2. The SMILES string of the molecule is Br.CCOc1ccc(N=c2scc(-c3ccc(F)cc3)n2CCCO)cc1. The van der Waals surface area contributed by atoms with E-state index < -0.39 is 0 Å². The molecular weight excluding hydrogens is 431 g/mol. The lowest BCUT2D eigenvalue weighted by atomic mass is 10.1. The first kappa shape index (κ1) is 21.3. The van der Waals surface area contributed by atoms with Gasteiger partial charge in [0.25, 0.3) is 0 Å². The number of rotatable bonds is 7. The van der Waals surface area contributed by atoms with E-state index in [0.717, 1.165) is 27.5 Å². The molecule has 0 aliphatic carbocycles. The Kier molecular flexibility index (Phi) is 8.22. The Bertz CT molecular complexity index is 905. The third-order valence-electron chi connectivity index (χ3n) is 3.85. The first-order chi connectivity index (χ1) is 12.7. The van der Waals surface area contributed by atoms with Crippen molar-refractivity contribution in [2.24, 2.45) is 4.99 Å². The monoisotopic (exact) mass is 452 g/mol. The number of aromatic nitrogens is 1. The molecule has 2 aromatic carbocycles. The molecule has 0 spiro atoms. The van der Waals surface area contributed by atoms with Crippen LogP contribution >= 0.6 is 28.3 Å². The van der Waals surface area contributed by atoms with Crippen LogP contribution in [-0.2, 0) is 6.54 Å². The van der Waals surface area contributed by atoms with Gasteiger partial charge >= 0.3 is 0 Å². The first-order valence-corrected chi connectivity index (χ1v) is 9.42. The largest absolute Gasteiger partial charge is 0.494 e. The quantitative estimate of drug-likeness (QED) is 0.551. The van der Waals surface area contributed by atoms with Gasteiger partial charge in [-0.15, -0.1) is 28.3 Å². The van der Waals surface area contributed by atoms with Crippen molar-refractivity contribution in [3.63, 3.8) is 0 Å². The lowest BCUT2D eigenvalue weighted by Gasteiger charge is -2.08. The van der Waals surface area contributed by atoms with Gasteiger partial charge in [0.2, 0.25) is 0 Å². The van der Waals surface area contributed by atoms with Crippen molar-refractivity contribution >= 4 is 34.0 Å². The van der Waals surface area contributed by atoms with E-state index in [1.54, 1.807) is 12.1 Å². The van der Waals surface area contributed by atoms with E-state index in [9.17, 15) is 9.50 Å². The summed E-state index contributed by atoms with van der Waals surface area (Å²) < 4.78 is 20.7. The number of nitrogens with zero attached hydrogens (tertiary/aromatic N) is 2. The van der Waals surface area contributed by atoms with Crippen LogP contribution in [0.2, 0.25) is 0 Å². The van der Waals surface area contributed by atoms with Gasteiger partial charge in [-0.2, -0.15) is 0 Å². The summed E-state index contributed by atoms with van der Waals surface area (Å²) in [7, 11) is 0. The Hall–Kier alpha value is -1.96. The highest BCUT2D eigenvalue weighted by Gasteiger charge is 2.08. The summed E-state index contributed by atoms with van der Waals surface area (Å²) in [6, 6.07) is 14.0. The lowest BCUT2D eigenvalue weighted by molar-refractivity contribution is 0.279. The number of aliphatic hydroxyl groups is 1. The Morgan fingerprint density at radius 1 is 1.11 bits per heavy atom. The average molecular weight is 453 g/mol. The van der Waals surface area contributed by atoms with Crippen molar-refractivity contribution < 1.29 is 14.2 Å². The Labute approximate surface area is 172 Å². The molecule has 7 heteroatoms. The fourth-order valence-electron chi connectivity index (χ4n) is 2.61. The molecule has 0 saturated heterocycles. The van der Waals surface area contributed by atoms with Gasteiger partial charge in [-0.05, 0) is 67.4 Å². The van der Waals surface area contributed by atoms with Crippen LogP contribution in [-0.4, -0.2) is 22.9 Å². The van der Waals surface area contributed by atoms with E-state index >= 15 is 0 Å². The average Bonchev–Trinajstić information content (AvgIpc) is 3.05. The van der Waals surface area contributed by atoms with E-state index in [2.05, 4.69) is 4.57 Å². The van der Waals surface area contributed by atoms with Crippen molar-refractivity contribution in [2.45, 2.75) is 19.9 Å². The fraction of sp³-hybridized carbons (Fsp3) is 0.250. The Morgan fingerprint density at radius 3 is 2.44 bits per heavy atom. The van der Waals surface area contributed by atoms with Crippen LogP contribution in [0.15, 0.2) is 58.9 Å². The second-order valence-electron chi connectivity index (χ2n) is 5.68. The van der Waals surface area contributed by atoms with Crippen molar-refractivity contribution in [1.82, 2.24) is 4.57 Å². The molecule has 0 saturated carbocycles. The van der Waals surface area contributed by atoms with Gasteiger partial charge in [-0.25, -0.2) is 9.38 Å². The van der Waals surface area contributed by atoms with Crippen LogP contribution in [0.25, 0.3) is 11.3 Å². The molecule has 0 unspecified atom stereocenters. The van der Waals surface area contributed by atoms with Gasteiger partial charge in [0.05, 0.1) is 18.0 Å². The molecule has 0 amide bonds. The standard InChI is InChI=1S/C20H21FN2O2S.BrH/c1-2-25-18-10-8-17(9-11-18)22-20-23(12-3-13-24)19(14-26-20)15-4-6-16(21)7-5-15;/h4-11,14,24H,2-3,12-13H2,1H3;1H. The third kappa shape index (κ3) is 5.51. The molecule has 0 aliphatic rings. The minimum absolute atomic E-state index is 0. The van der Waals surface area contributed by atoms with E-state index in [-0.39, 0.29) is 29.4 Å². The first-order valence-electron chi connectivity index (χ1n) is 8.54. The molecule has 3 rings (SSSR count). The number of hydrogen-bond acceptors (Lipinski definition) is 4. The molecular formula is C20H22BrFN2O2S. The molecule has 0 radical (unpaired) electrons. The summed E-state index contributed by atoms with van der Waals surface area (Å²) in [4.78, 5) is 5.56. The molecule has 0 atom stereocenters. The van der Waals surface area contributed by atoms with Crippen LogP contribution in [0.5, 0.6) is 5.75 Å². The summed E-state index contributed by atoms with van der Waals surface area (Å²) >= 11 is 1.52. The topological polar surface area (TPSA) is 46.8 Å². The van der Waals surface area contributed by atoms with Gasteiger partial charge in [-0.3, -0.25) is 0 Å². The smallest absolute Gasteiger partial charge is 0.190 e. The summed E-state index contributed by atoms with van der Waals surface area (Å²) in [5.74, 6) is 0.558. The molecule has 0 aliphatic heterocycles. The molecule has 0 fully saturated rings. The van der Waals surface area contributed by atoms with Crippen molar-refractivity contribution in [2.75, 3.05) is 13.2 Å². The van der Waals surface area contributed by atoms with Gasteiger partial charge in [-0.1, -0.05) is 0 Å². The van der Waals surface area contributed by atoms with Gasteiger partial charge < -0.3 is 14.4 Å². The maximum atomic E-state index is 13.2. The van der Waals surface area contributed by atoms with Gasteiger partial charge in [0.1, 0.15) is 11.6 Å². The van der Waals surface area contributed by atoms with E-state index in [0.29, 0.717) is 19.6 Å². The highest BCUT2D eigenvalue weighted by Crippen LogP contribution is 2.22. The molecule has 1 N–H and O–H groups in total. The minimum Gasteiger partial charge on any atom is -0.494 e. The predicted octanol–water partition coefficient (Wildman–Crippen LogP) is 4.95. The molecule has 4 nitrogen and oxygen atoms in total. The highest BCUT2D eigenvalue weighted by molar-refractivity contribution is 8.93. The number of thiazole rings is 1. The molecule has 1 aromatic heterocycles. The summed E-state index contributed by atoms with van der Waals surface area (Å²) in [5.41, 5.74) is 2.72. The second-order valence-corrected chi connectivity index (χ2v) is 6.51. The summed E-state index contributed by atoms with van der Waals surface area (Å²) in [6.07, 6.45) is 0.626. The predicted molar refractivity (Wildman–Crippen MR) is 113 cm³/mol. The highest BCUT2D eigenvalue weighted by atomic mass is 79.9. The van der Waals surface area contributed by atoms with E-state index in [1.807, 2.05) is 36.6 Å². The maximum Gasteiger partial charge on any atom is 0.190 e. The van der Waals surface area contributed by atoms with Crippen LogP contribution in [0.4, 0.5) is 10.1 Å². The van der Waals surface area contributed by atoms with Crippen LogP contribution in [0.3, 0.4) is 0 Å². The van der Waals surface area contributed by atoms with Gasteiger partial charge in [0.15, 0.2) is 4.80 Å². The second kappa shape index (κ2) is 10.4. The zero-order valence-corrected chi connectivity index (χ0v) is 17.5. The fourth-order valence-corrected chi connectivity index (χ4v) is 3.56. The molecule has 3 aromatic rings. The Balaban J connectivity index is 0.00000261. The number of hydrogen-bond donors (Lipinski definition) is 1. The number of halogens is 2. The third-order valence-corrected chi connectivity index (χ3v) is 4.71. The van der Waals surface area contributed by atoms with Crippen molar-refractivity contribution in [3.05, 3.63) is 64.5 Å². The van der Waals surface area contributed by atoms with Gasteiger partial charge in [0, 0.05) is 18.5 Å². The molecule has 144 valence electrons. The van der Waals surface area contributed by atoms with E-state index in [4.69, 9.17) is 9.73 Å². The lowest BCUT2D eigenvalue weighted by Crippen LogP contribution is -2.16. The summed E-state index contributed by atoms with van der Waals surface area (Å²) in [6.45, 7) is 3.32. The minimum atomic E-state index is -0.259.